The molecule has 2 aromatic rings. The summed E-state index contributed by atoms with van der Waals surface area (Å²) in [5.41, 5.74) is 1.25. The molecule has 3 rings (SSSR count). The van der Waals surface area contributed by atoms with Gasteiger partial charge in [0.2, 0.25) is 5.91 Å². The molecule has 1 amide bonds. The number of carbonyl (C=O) groups is 1. The van der Waals surface area contributed by atoms with E-state index in [0.29, 0.717) is 25.9 Å². The minimum Gasteiger partial charge on any atom is -0.460 e. The van der Waals surface area contributed by atoms with Crippen molar-refractivity contribution in [2.75, 3.05) is 19.7 Å². The fourth-order valence-corrected chi connectivity index (χ4v) is 4.07. The Bertz CT molecular complexity index is 864. The summed E-state index contributed by atoms with van der Waals surface area (Å²) in [5.74, 6) is 0.285. The predicted octanol–water partition coefficient (Wildman–Crippen LogP) is 3.66. The molecule has 2 heterocycles. The molecule has 1 aliphatic heterocycles. The van der Waals surface area contributed by atoms with Crippen molar-refractivity contribution in [1.82, 2.24) is 14.9 Å². The van der Waals surface area contributed by atoms with E-state index in [4.69, 9.17) is 4.74 Å². The van der Waals surface area contributed by atoms with Gasteiger partial charge in [0.05, 0.1) is 0 Å². The van der Waals surface area contributed by atoms with Crippen LogP contribution in [0.4, 0.5) is 0 Å². The van der Waals surface area contributed by atoms with E-state index in [9.17, 15) is 9.90 Å². The predicted molar refractivity (Wildman–Crippen MR) is 116 cm³/mol. The molecule has 6 nitrogen and oxygen atoms in total. The second-order valence-electron chi connectivity index (χ2n) is 9.22. The van der Waals surface area contributed by atoms with Gasteiger partial charge in [-0.3, -0.25) is 4.79 Å². The van der Waals surface area contributed by atoms with Crippen LogP contribution in [-0.2, 0) is 4.79 Å². The summed E-state index contributed by atoms with van der Waals surface area (Å²) in [6.45, 7) is 10.9. The molecule has 1 aliphatic rings. The quantitative estimate of drug-likeness (QED) is 0.785. The summed E-state index contributed by atoms with van der Waals surface area (Å²) in [6.07, 6.45) is 0.918. The third kappa shape index (κ3) is 4.98. The first-order valence-corrected chi connectivity index (χ1v) is 10.6. The fourth-order valence-electron chi connectivity index (χ4n) is 4.07. The zero-order valence-electron chi connectivity index (χ0n) is 18.7. The van der Waals surface area contributed by atoms with Crippen molar-refractivity contribution in [3.63, 3.8) is 0 Å². The standard InChI is InChI=1S/C24H33N3O3/c1-17(20-9-7-6-8-10-20)13-21(28)27-12-11-24(29,23(4,5)15-27)16-30-22-25-18(2)14-19(3)26-22/h6-10,14,17,29H,11-13,15-16H2,1-5H3/t17-,24+/m0/s1. The first-order valence-electron chi connectivity index (χ1n) is 10.6. The van der Waals surface area contributed by atoms with Crippen LogP contribution in [0.1, 0.15) is 56.5 Å². The highest BCUT2D eigenvalue weighted by molar-refractivity contribution is 5.77. The number of benzene rings is 1. The summed E-state index contributed by atoms with van der Waals surface area (Å²) < 4.78 is 5.79. The molecule has 30 heavy (non-hydrogen) atoms. The molecule has 162 valence electrons. The number of ether oxygens (including phenoxy) is 1. The Kier molecular flexibility index (Phi) is 6.46. The molecule has 2 atom stereocenters. The van der Waals surface area contributed by atoms with Crippen LogP contribution in [0.2, 0.25) is 0 Å². The number of nitrogens with zero attached hydrogens (tertiary/aromatic N) is 3. The fraction of sp³-hybridized carbons (Fsp3) is 0.542. The highest BCUT2D eigenvalue weighted by Crippen LogP contribution is 2.39. The van der Waals surface area contributed by atoms with Crippen molar-refractivity contribution in [1.29, 1.82) is 0 Å². The average molecular weight is 412 g/mol. The van der Waals surface area contributed by atoms with E-state index in [1.54, 1.807) is 0 Å². The summed E-state index contributed by atoms with van der Waals surface area (Å²) >= 11 is 0. The van der Waals surface area contributed by atoms with E-state index < -0.39 is 11.0 Å². The number of aromatic nitrogens is 2. The van der Waals surface area contributed by atoms with Crippen molar-refractivity contribution in [3.8, 4) is 6.01 Å². The lowest BCUT2D eigenvalue weighted by Gasteiger charge is -2.49. The Morgan fingerprint density at radius 3 is 2.43 bits per heavy atom. The van der Waals surface area contributed by atoms with Gasteiger partial charge >= 0.3 is 6.01 Å². The third-order valence-electron chi connectivity index (χ3n) is 6.25. The van der Waals surface area contributed by atoms with Crippen LogP contribution in [0.5, 0.6) is 6.01 Å². The Labute approximate surface area is 179 Å². The van der Waals surface area contributed by atoms with Crippen LogP contribution in [0.15, 0.2) is 36.4 Å². The van der Waals surface area contributed by atoms with Crippen molar-refractivity contribution in [3.05, 3.63) is 53.3 Å². The maximum atomic E-state index is 12.9. The number of aliphatic hydroxyl groups is 1. The summed E-state index contributed by atoms with van der Waals surface area (Å²) in [4.78, 5) is 23.4. The van der Waals surface area contributed by atoms with Crippen molar-refractivity contribution in [2.24, 2.45) is 5.41 Å². The maximum absolute atomic E-state index is 12.9. The lowest BCUT2D eigenvalue weighted by Crippen LogP contribution is -2.61. The van der Waals surface area contributed by atoms with Gasteiger partial charge in [-0.1, -0.05) is 51.1 Å². The first kappa shape index (κ1) is 22.2. The molecule has 0 aliphatic carbocycles. The highest BCUT2D eigenvalue weighted by atomic mass is 16.5. The smallest absolute Gasteiger partial charge is 0.316 e. The molecule has 0 saturated carbocycles. The van der Waals surface area contributed by atoms with Crippen molar-refractivity contribution >= 4 is 5.91 Å². The molecule has 0 spiro atoms. The normalized spacial score (nSPS) is 21.9. The van der Waals surface area contributed by atoms with Crippen LogP contribution >= 0.6 is 0 Å². The Balaban J connectivity index is 1.61. The van der Waals surface area contributed by atoms with Gasteiger partial charge in [-0.2, -0.15) is 0 Å². The van der Waals surface area contributed by atoms with E-state index >= 15 is 0 Å². The molecule has 1 aromatic heterocycles. The highest BCUT2D eigenvalue weighted by Gasteiger charge is 2.49. The van der Waals surface area contributed by atoms with Gasteiger partial charge in [-0.15, -0.1) is 0 Å². The van der Waals surface area contributed by atoms with Crippen LogP contribution in [0.3, 0.4) is 0 Å². The lowest BCUT2D eigenvalue weighted by atomic mass is 9.70. The van der Waals surface area contributed by atoms with Crippen molar-refractivity contribution < 1.29 is 14.6 Å². The number of hydrogen-bond donors (Lipinski definition) is 1. The molecule has 6 heteroatoms. The Morgan fingerprint density at radius 1 is 1.20 bits per heavy atom. The minimum atomic E-state index is -1.06. The zero-order chi connectivity index (χ0) is 21.9. The van der Waals surface area contributed by atoms with Crippen molar-refractivity contribution in [2.45, 2.75) is 59.0 Å². The second-order valence-corrected chi connectivity index (χ2v) is 9.22. The minimum absolute atomic E-state index is 0.103. The maximum Gasteiger partial charge on any atom is 0.316 e. The summed E-state index contributed by atoms with van der Waals surface area (Å²) in [6, 6.07) is 12.3. The third-order valence-corrected chi connectivity index (χ3v) is 6.25. The van der Waals surface area contributed by atoms with Crippen LogP contribution < -0.4 is 4.74 Å². The average Bonchev–Trinajstić information content (AvgIpc) is 2.68. The van der Waals surface area contributed by atoms with E-state index in [1.165, 1.54) is 5.56 Å². The lowest BCUT2D eigenvalue weighted by molar-refractivity contribution is -0.158. The monoisotopic (exact) mass is 411 g/mol. The van der Waals surface area contributed by atoms with E-state index in [0.717, 1.165) is 11.4 Å². The van der Waals surface area contributed by atoms with Gasteiger partial charge in [0.15, 0.2) is 0 Å². The molecule has 1 N–H and O–H groups in total. The molecule has 1 saturated heterocycles. The van der Waals surface area contributed by atoms with E-state index in [-0.39, 0.29) is 24.4 Å². The number of likely N-dealkylation sites (tertiary alicyclic amines) is 1. The Hall–Kier alpha value is -2.47. The molecule has 1 fully saturated rings. The number of amides is 1. The second kappa shape index (κ2) is 8.72. The molecule has 0 bridgehead atoms. The Morgan fingerprint density at radius 2 is 1.83 bits per heavy atom. The largest absolute Gasteiger partial charge is 0.460 e. The number of piperidine rings is 1. The molecular formula is C24H33N3O3. The first-order chi connectivity index (χ1) is 14.1. The van der Waals surface area contributed by atoms with Gasteiger partial charge in [0.1, 0.15) is 12.2 Å². The molecule has 0 radical (unpaired) electrons. The van der Waals surface area contributed by atoms with Gasteiger partial charge < -0.3 is 14.7 Å². The summed E-state index contributed by atoms with van der Waals surface area (Å²) in [7, 11) is 0. The number of rotatable bonds is 6. The SMILES string of the molecule is Cc1cc(C)nc(OC[C@]2(O)CCN(C(=O)C[C@H](C)c3ccccc3)CC2(C)C)n1. The molecule has 1 aromatic carbocycles. The van der Waals surface area contributed by atoms with E-state index in [1.807, 2.05) is 56.9 Å². The van der Waals surface area contributed by atoms with Gasteiger partial charge in [0.25, 0.3) is 0 Å². The van der Waals surface area contributed by atoms with Gasteiger partial charge in [-0.05, 0) is 37.8 Å². The van der Waals surface area contributed by atoms with Crippen LogP contribution in [0, 0.1) is 19.3 Å². The van der Waals surface area contributed by atoms with E-state index in [2.05, 4.69) is 29.0 Å². The van der Waals surface area contributed by atoms with Crippen LogP contribution in [-0.4, -0.2) is 51.2 Å². The van der Waals surface area contributed by atoms with Gasteiger partial charge in [-0.25, -0.2) is 9.97 Å². The van der Waals surface area contributed by atoms with Crippen LogP contribution in [0.25, 0.3) is 0 Å². The summed E-state index contributed by atoms with van der Waals surface area (Å²) in [5, 5.41) is 11.3. The number of hydrogen-bond acceptors (Lipinski definition) is 5. The molecule has 0 unspecified atom stereocenters. The molecular weight excluding hydrogens is 378 g/mol. The number of carbonyl (C=O) groups excluding carboxylic acids is 1. The number of aryl methyl sites for hydroxylation is 2. The van der Waals surface area contributed by atoms with Gasteiger partial charge in [0, 0.05) is 36.3 Å². The topological polar surface area (TPSA) is 75.6 Å². The zero-order valence-corrected chi connectivity index (χ0v) is 18.7.